The third-order valence-corrected chi connectivity index (χ3v) is 4.22. The zero-order valence-corrected chi connectivity index (χ0v) is 11.0. The van der Waals surface area contributed by atoms with Crippen LogP contribution in [0.25, 0.3) is 0 Å². The summed E-state index contributed by atoms with van der Waals surface area (Å²) in [4.78, 5) is 4.41. The Morgan fingerprint density at radius 3 is 3.00 bits per heavy atom. The monoisotopic (exact) mass is 260 g/mol. The summed E-state index contributed by atoms with van der Waals surface area (Å²) in [5, 5.41) is 23.8. The summed E-state index contributed by atoms with van der Waals surface area (Å²) in [6, 6.07) is -0.200. The fraction of sp³-hybridized carbons (Fsp3) is 0.909. The van der Waals surface area contributed by atoms with Gasteiger partial charge in [-0.25, -0.2) is 0 Å². The van der Waals surface area contributed by atoms with E-state index in [4.69, 9.17) is 4.74 Å². The molecule has 0 bridgehead atoms. The van der Waals surface area contributed by atoms with Gasteiger partial charge in [-0.3, -0.25) is 4.99 Å². The number of hydrogen-bond donors (Lipinski definition) is 3. The number of aliphatic imine (C=N–C) groups is 1. The highest BCUT2D eigenvalue weighted by Crippen LogP contribution is 2.36. The second-order valence-electron chi connectivity index (χ2n) is 4.39. The molecule has 2 aliphatic rings. The van der Waals surface area contributed by atoms with Crippen LogP contribution in [0.4, 0.5) is 0 Å². The van der Waals surface area contributed by atoms with Crippen molar-refractivity contribution in [2.45, 2.75) is 56.5 Å². The largest absolute Gasteiger partial charge is 0.391 e. The first-order valence-corrected chi connectivity index (χ1v) is 7.03. The molecule has 2 rings (SSSR count). The number of nitrogens with one attached hydrogen (secondary N) is 1. The standard InChI is InChI=1S/C11H20N2O3S/c1-3-6(14)8-5-7(15)9-10(16-8)17-11(13-9)12-4-2/h6-10,14-15H,3-5H2,1-2H3,(H,12,13)/t6?,7-,8-,9+,10+/m0/s1. The van der Waals surface area contributed by atoms with E-state index in [0.717, 1.165) is 11.7 Å². The van der Waals surface area contributed by atoms with Crippen LogP contribution >= 0.6 is 11.8 Å². The van der Waals surface area contributed by atoms with Crippen LogP contribution in [0.3, 0.4) is 0 Å². The summed E-state index contributed by atoms with van der Waals surface area (Å²) in [7, 11) is 0. The van der Waals surface area contributed by atoms with E-state index in [1.807, 2.05) is 13.8 Å². The first-order valence-electron chi connectivity index (χ1n) is 6.15. The second kappa shape index (κ2) is 5.56. The van der Waals surface area contributed by atoms with Gasteiger partial charge in [0.05, 0.1) is 18.3 Å². The Morgan fingerprint density at radius 1 is 1.59 bits per heavy atom. The molecule has 98 valence electrons. The quantitative estimate of drug-likeness (QED) is 0.681. The van der Waals surface area contributed by atoms with E-state index in [0.29, 0.717) is 12.8 Å². The van der Waals surface area contributed by atoms with Crippen LogP contribution in [0.1, 0.15) is 26.7 Å². The van der Waals surface area contributed by atoms with E-state index in [9.17, 15) is 10.2 Å². The first-order chi connectivity index (χ1) is 8.15. The fourth-order valence-electron chi connectivity index (χ4n) is 2.14. The van der Waals surface area contributed by atoms with Gasteiger partial charge in [0.1, 0.15) is 11.5 Å². The number of thioether (sulfide) groups is 1. The Morgan fingerprint density at radius 2 is 2.35 bits per heavy atom. The molecule has 17 heavy (non-hydrogen) atoms. The van der Waals surface area contributed by atoms with Crippen LogP contribution in [0, 0.1) is 0 Å². The van der Waals surface area contributed by atoms with Gasteiger partial charge in [0.15, 0.2) is 5.17 Å². The van der Waals surface area contributed by atoms with Gasteiger partial charge in [0.25, 0.3) is 0 Å². The SMILES string of the molecule is CCNC1=N[C@H]2[C@H](O[C@H](C(O)CC)C[C@@H]2O)S1. The van der Waals surface area contributed by atoms with Crippen molar-refractivity contribution in [2.24, 2.45) is 4.99 Å². The molecule has 3 N–H and O–H groups in total. The molecular formula is C11H20N2O3S. The van der Waals surface area contributed by atoms with Crippen LogP contribution in [0.5, 0.6) is 0 Å². The smallest absolute Gasteiger partial charge is 0.159 e. The lowest BCUT2D eigenvalue weighted by atomic mass is 9.97. The minimum Gasteiger partial charge on any atom is -0.391 e. The van der Waals surface area contributed by atoms with Gasteiger partial charge < -0.3 is 20.3 Å². The van der Waals surface area contributed by atoms with Crippen LogP contribution in [0.2, 0.25) is 0 Å². The highest BCUT2D eigenvalue weighted by Gasteiger charge is 2.44. The van der Waals surface area contributed by atoms with E-state index in [2.05, 4.69) is 10.3 Å². The van der Waals surface area contributed by atoms with Crippen molar-refractivity contribution in [3.8, 4) is 0 Å². The molecule has 0 amide bonds. The number of fused-ring (bicyclic) bond motifs is 1. The number of ether oxygens (including phenoxy) is 1. The average molecular weight is 260 g/mol. The first kappa shape index (κ1) is 13.1. The molecule has 1 fully saturated rings. The van der Waals surface area contributed by atoms with Gasteiger partial charge in [-0.15, -0.1) is 0 Å². The molecule has 0 aromatic rings. The van der Waals surface area contributed by atoms with Crippen molar-refractivity contribution >= 4 is 16.9 Å². The molecule has 2 heterocycles. The zero-order valence-electron chi connectivity index (χ0n) is 10.2. The Kier molecular flexibility index (Phi) is 4.30. The summed E-state index contributed by atoms with van der Waals surface area (Å²) >= 11 is 1.50. The summed E-state index contributed by atoms with van der Waals surface area (Å²) in [5.74, 6) is 0. The number of rotatable bonds is 3. The lowest BCUT2D eigenvalue weighted by Crippen LogP contribution is -2.47. The number of nitrogens with zero attached hydrogens (tertiary/aromatic N) is 1. The third kappa shape index (κ3) is 2.76. The number of aliphatic hydroxyl groups excluding tert-OH is 2. The highest BCUT2D eigenvalue weighted by molar-refractivity contribution is 8.14. The lowest BCUT2D eigenvalue weighted by Gasteiger charge is -2.36. The van der Waals surface area contributed by atoms with Crippen LogP contribution < -0.4 is 5.32 Å². The molecule has 0 spiro atoms. The van der Waals surface area contributed by atoms with E-state index in [-0.39, 0.29) is 17.6 Å². The molecule has 1 unspecified atom stereocenters. The lowest BCUT2D eigenvalue weighted by molar-refractivity contribution is -0.117. The molecule has 2 aliphatic heterocycles. The maximum Gasteiger partial charge on any atom is 0.159 e. The van der Waals surface area contributed by atoms with Gasteiger partial charge in [0, 0.05) is 13.0 Å². The highest BCUT2D eigenvalue weighted by atomic mass is 32.2. The van der Waals surface area contributed by atoms with Gasteiger partial charge in [0.2, 0.25) is 0 Å². The molecule has 0 aromatic carbocycles. The maximum absolute atomic E-state index is 10.0. The summed E-state index contributed by atoms with van der Waals surface area (Å²) in [6.07, 6.45) is -0.210. The van der Waals surface area contributed by atoms with Crippen molar-refractivity contribution in [1.82, 2.24) is 5.32 Å². The zero-order chi connectivity index (χ0) is 12.4. The molecule has 5 atom stereocenters. The van der Waals surface area contributed by atoms with Gasteiger partial charge in [-0.2, -0.15) is 0 Å². The van der Waals surface area contributed by atoms with E-state index in [1.54, 1.807) is 0 Å². The maximum atomic E-state index is 10.0. The molecule has 0 radical (unpaired) electrons. The minimum absolute atomic E-state index is 0.168. The minimum atomic E-state index is -0.524. The summed E-state index contributed by atoms with van der Waals surface area (Å²) < 4.78 is 5.81. The Labute approximate surface area is 106 Å². The van der Waals surface area contributed by atoms with Gasteiger partial charge in [-0.05, 0) is 13.3 Å². The van der Waals surface area contributed by atoms with Crippen LogP contribution in [-0.4, -0.2) is 51.7 Å². The second-order valence-corrected chi connectivity index (χ2v) is 5.48. The van der Waals surface area contributed by atoms with Crippen molar-refractivity contribution in [1.29, 1.82) is 0 Å². The average Bonchev–Trinajstić information content (AvgIpc) is 2.71. The van der Waals surface area contributed by atoms with E-state index >= 15 is 0 Å². The van der Waals surface area contributed by atoms with Gasteiger partial charge >= 0.3 is 0 Å². The molecule has 1 saturated heterocycles. The summed E-state index contributed by atoms with van der Waals surface area (Å²) in [5.41, 5.74) is -0.168. The predicted octanol–water partition coefficient (Wildman–Crippen LogP) is 0.314. The molecule has 0 saturated carbocycles. The molecule has 0 aromatic heterocycles. The van der Waals surface area contributed by atoms with Crippen molar-refractivity contribution in [2.75, 3.05) is 6.54 Å². The Bertz CT molecular complexity index is 300. The number of amidine groups is 1. The molecule has 5 nitrogen and oxygen atoms in total. The van der Waals surface area contributed by atoms with Crippen LogP contribution in [-0.2, 0) is 4.74 Å². The van der Waals surface area contributed by atoms with E-state index < -0.39 is 12.2 Å². The third-order valence-electron chi connectivity index (χ3n) is 3.13. The fourth-order valence-corrected chi connectivity index (χ4v) is 3.35. The Balaban J connectivity index is 1.99. The molecular weight excluding hydrogens is 240 g/mol. The summed E-state index contributed by atoms with van der Waals surface area (Å²) in [6.45, 7) is 4.73. The Hall–Kier alpha value is -0.300. The number of aliphatic hydroxyl groups is 2. The number of hydrogen-bond acceptors (Lipinski definition) is 6. The van der Waals surface area contributed by atoms with Crippen LogP contribution in [0.15, 0.2) is 4.99 Å². The van der Waals surface area contributed by atoms with Crippen molar-refractivity contribution < 1.29 is 14.9 Å². The normalized spacial score (nSPS) is 38.5. The van der Waals surface area contributed by atoms with Crippen molar-refractivity contribution in [3.63, 3.8) is 0 Å². The van der Waals surface area contributed by atoms with Crippen molar-refractivity contribution in [3.05, 3.63) is 0 Å². The van der Waals surface area contributed by atoms with Gasteiger partial charge in [-0.1, -0.05) is 18.7 Å². The van der Waals surface area contributed by atoms with E-state index in [1.165, 1.54) is 11.8 Å². The molecule has 0 aliphatic carbocycles. The topological polar surface area (TPSA) is 74.1 Å². The predicted molar refractivity (Wildman–Crippen MR) is 68.1 cm³/mol. The molecule has 6 heteroatoms.